The highest BCUT2D eigenvalue weighted by Crippen LogP contribution is 2.66. The Labute approximate surface area is 116 Å². The molecule has 20 heavy (non-hydrogen) atoms. The Kier molecular flexibility index (Phi) is 2.92. The highest BCUT2D eigenvalue weighted by Gasteiger charge is 2.72. The summed E-state index contributed by atoms with van der Waals surface area (Å²) in [6, 6.07) is 0. The van der Waals surface area contributed by atoms with E-state index < -0.39 is 5.69 Å². The molecule has 2 fully saturated rings. The summed E-state index contributed by atoms with van der Waals surface area (Å²) < 4.78 is 7.59. The molecular formula is C14H20N2O4. The number of hydrogen-bond donors (Lipinski definition) is 2. The zero-order chi connectivity index (χ0) is 14.7. The topological polar surface area (TPSA) is 84.3 Å². The van der Waals surface area contributed by atoms with Gasteiger partial charge in [-0.15, -0.1) is 0 Å². The van der Waals surface area contributed by atoms with Crippen molar-refractivity contribution in [2.75, 3.05) is 6.61 Å². The standard InChI is InChI=1S/C14H20N2O4/c1-7(2)14-9(10(14)6-17)4-11(20-14)16-5-8(3)12(18)15-13(16)19/h5,7,9-11,17H,4,6H2,1-3H3,(H,15,18,19)/t9-,10?,11+,14?/m0/s1. The molecule has 110 valence electrons. The Morgan fingerprint density at radius 2 is 2.25 bits per heavy atom. The smallest absolute Gasteiger partial charge is 0.330 e. The van der Waals surface area contributed by atoms with Gasteiger partial charge in [-0.1, -0.05) is 13.8 Å². The second kappa shape index (κ2) is 4.30. The average Bonchev–Trinajstić information content (AvgIpc) is 2.82. The SMILES string of the molecule is Cc1cn([C@H]2C[C@H]3C(CO)C3(C(C)C)O2)c(=O)[nH]c1=O. The molecule has 2 N–H and O–H groups in total. The third kappa shape index (κ3) is 1.64. The molecule has 6 nitrogen and oxygen atoms in total. The molecule has 0 spiro atoms. The Morgan fingerprint density at radius 1 is 1.55 bits per heavy atom. The third-order valence-electron chi connectivity index (χ3n) is 4.89. The molecule has 4 atom stereocenters. The number of aromatic amines is 1. The van der Waals surface area contributed by atoms with Gasteiger partial charge in [-0.2, -0.15) is 0 Å². The summed E-state index contributed by atoms with van der Waals surface area (Å²) in [6.07, 6.45) is 1.90. The van der Waals surface area contributed by atoms with E-state index in [1.165, 1.54) is 4.57 Å². The lowest BCUT2D eigenvalue weighted by molar-refractivity contribution is -0.0780. The Hall–Kier alpha value is -1.40. The maximum Gasteiger partial charge on any atom is 0.330 e. The predicted molar refractivity (Wildman–Crippen MR) is 72.4 cm³/mol. The predicted octanol–water partition coefficient (Wildman–Crippen LogP) is 0.397. The number of nitrogens with one attached hydrogen (secondary N) is 1. The summed E-state index contributed by atoms with van der Waals surface area (Å²) >= 11 is 0. The van der Waals surface area contributed by atoms with Gasteiger partial charge in [0.1, 0.15) is 6.23 Å². The van der Waals surface area contributed by atoms with Gasteiger partial charge in [-0.3, -0.25) is 14.3 Å². The molecule has 6 heteroatoms. The van der Waals surface area contributed by atoms with Crippen LogP contribution in [0.3, 0.4) is 0 Å². The van der Waals surface area contributed by atoms with E-state index in [9.17, 15) is 14.7 Å². The van der Waals surface area contributed by atoms with E-state index >= 15 is 0 Å². The molecule has 1 aromatic heterocycles. The fraction of sp³-hybridized carbons (Fsp3) is 0.714. The molecule has 2 aliphatic rings. The quantitative estimate of drug-likeness (QED) is 0.839. The van der Waals surface area contributed by atoms with E-state index in [0.29, 0.717) is 12.0 Å². The van der Waals surface area contributed by atoms with Crippen molar-refractivity contribution < 1.29 is 9.84 Å². The summed E-state index contributed by atoms with van der Waals surface area (Å²) in [6.45, 7) is 5.94. The van der Waals surface area contributed by atoms with Crippen LogP contribution in [0, 0.1) is 24.7 Å². The summed E-state index contributed by atoms with van der Waals surface area (Å²) in [5.41, 5.74) is -0.623. The van der Waals surface area contributed by atoms with Crippen molar-refractivity contribution >= 4 is 0 Å². The van der Waals surface area contributed by atoms with Crippen LogP contribution >= 0.6 is 0 Å². The van der Waals surface area contributed by atoms with Gasteiger partial charge in [0, 0.05) is 30.2 Å². The van der Waals surface area contributed by atoms with Gasteiger partial charge in [0.15, 0.2) is 0 Å². The number of aromatic nitrogens is 2. The van der Waals surface area contributed by atoms with Gasteiger partial charge >= 0.3 is 5.69 Å². The van der Waals surface area contributed by atoms with Crippen molar-refractivity contribution in [1.29, 1.82) is 0 Å². The van der Waals surface area contributed by atoms with Gasteiger partial charge in [0.2, 0.25) is 0 Å². The lowest BCUT2D eigenvalue weighted by Crippen LogP contribution is -2.35. The molecule has 0 bridgehead atoms. The first-order chi connectivity index (χ1) is 9.41. The number of fused-ring (bicyclic) bond motifs is 1. The van der Waals surface area contributed by atoms with E-state index in [1.807, 2.05) is 0 Å². The molecule has 1 aromatic rings. The normalized spacial score (nSPS) is 35.4. The minimum atomic E-state index is -0.439. The number of aliphatic hydroxyl groups excluding tert-OH is 1. The lowest BCUT2D eigenvalue weighted by atomic mass is 10.0. The Morgan fingerprint density at radius 3 is 2.80 bits per heavy atom. The van der Waals surface area contributed by atoms with Crippen molar-refractivity contribution in [3.63, 3.8) is 0 Å². The number of ether oxygens (including phenoxy) is 1. The first-order valence-electron chi connectivity index (χ1n) is 7.02. The van der Waals surface area contributed by atoms with Gasteiger partial charge in [-0.25, -0.2) is 4.79 Å². The number of hydrogen-bond acceptors (Lipinski definition) is 4. The molecule has 1 aliphatic carbocycles. The number of aryl methyl sites for hydroxylation is 1. The highest BCUT2D eigenvalue weighted by atomic mass is 16.5. The fourth-order valence-corrected chi connectivity index (χ4v) is 3.79. The van der Waals surface area contributed by atoms with Crippen LogP contribution in [0.4, 0.5) is 0 Å². The van der Waals surface area contributed by atoms with E-state index in [1.54, 1.807) is 13.1 Å². The average molecular weight is 280 g/mol. The number of H-pyrrole nitrogens is 1. The third-order valence-corrected chi connectivity index (χ3v) is 4.89. The number of aliphatic hydroxyl groups is 1. The number of rotatable bonds is 3. The van der Waals surface area contributed by atoms with Crippen LogP contribution in [0.5, 0.6) is 0 Å². The minimum Gasteiger partial charge on any atom is -0.396 e. The Balaban J connectivity index is 1.92. The molecule has 1 aliphatic heterocycles. The van der Waals surface area contributed by atoms with E-state index in [2.05, 4.69) is 18.8 Å². The molecule has 0 radical (unpaired) electrons. The molecular weight excluding hydrogens is 260 g/mol. The molecule has 0 amide bonds. The largest absolute Gasteiger partial charge is 0.396 e. The second-order valence-electron chi connectivity index (χ2n) is 6.19. The van der Waals surface area contributed by atoms with E-state index in [4.69, 9.17) is 4.74 Å². The first-order valence-corrected chi connectivity index (χ1v) is 7.02. The summed E-state index contributed by atoms with van der Waals surface area (Å²) in [4.78, 5) is 25.6. The molecule has 2 unspecified atom stereocenters. The zero-order valence-electron chi connectivity index (χ0n) is 11.9. The zero-order valence-corrected chi connectivity index (χ0v) is 11.9. The van der Waals surface area contributed by atoms with Crippen LogP contribution < -0.4 is 11.2 Å². The first kappa shape index (κ1) is 13.6. The number of nitrogens with zero attached hydrogens (tertiary/aromatic N) is 1. The Bertz CT molecular complexity index is 647. The van der Waals surface area contributed by atoms with Crippen molar-refractivity contribution in [2.45, 2.75) is 39.0 Å². The molecule has 3 rings (SSSR count). The van der Waals surface area contributed by atoms with Crippen LogP contribution in [-0.4, -0.2) is 26.9 Å². The minimum absolute atomic E-state index is 0.120. The monoisotopic (exact) mass is 280 g/mol. The molecule has 1 saturated heterocycles. The van der Waals surface area contributed by atoms with E-state index in [0.717, 1.165) is 0 Å². The van der Waals surface area contributed by atoms with Crippen molar-refractivity contribution in [1.82, 2.24) is 9.55 Å². The van der Waals surface area contributed by atoms with Gasteiger partial charge < -0.3 is 9.84 Å². The van der Waals surface area contributed by atoms with Crippen LogP contribution in [-0.2, 0) is 4.74 Å². The maximum atomic E-state index is 11.9. The van der Waals surface area contributed by atoms with Crippen LogP contribution in [0.2, 0.25) is 0 Å². The molecule has 2 heterocycles. The molecule has 1 saturated carbocycles. The van der Waals surface area contributed by atoms with Gasteiger partial charge in [0.05, 0.1) is 5.60 Å². The summed E-state index contributed by atoms with van der Waals surface area (Å²) in [7, 11) is 0. The van der Waals surface area contributed by atoms with Crippen LogP contribution in [0.25, 0.3) is 0 Å². The second-order valence-corrected chi connectivity index (χ2v) is 6.19. The van der Waals surface area contributed by atoms with E-state index in [-0.39, 0.29) is 41.7 Å². The van der Waals surface area contributed by atoms with Crippen molar-refractivity contribution in [3.05, 3.63) is 32.6 Å². The van der Waals surface area contributed by atoms with Crippen LogP contribution in [0.15, 0.2) is 15.8 Å². The van der Waals surface area contributed by atoms with Crippen LogP contribution in [0.1, 0.15) is 32.1 Å². The van der Waals surface area contributed by atoms with Gasteiger partial charge in [0.25, 0.3) is 5.56 Å². The highest BCUT2D eigenvalue weighted by molar-refractivity contribution is 5.19. The fourth-order valence-electron chi connectivity index (χ4n) is 3.79. The van der Waals surface area contributed by atoms with Gasteiger partial charge in [-0.05, 0) is 19.3 Å². The lowest BCUT2D eigenvalue weighted by Gasteiger charge is -2.25. The summed E-state index contributed by atoms with van der Waals surface area (Å²) in [5, 5.41) is 9.42. The molecule has 0 aromatic carbocycles. The van der Waals surface area contributed by atoms with Crippen molar-refractivity contribution in [2.24, 2.45) is 17.8 Å². The summed E-state index contributed by atoms with van der Waals surface area (Å²) in [5.74, 6) is 0.740. The van der Waals surface area contributed by atoms with Crippen molar-refractivity contribution in [3.8, 4) is 0 Å². The maximum absolute atomic E-state index is 11.9.